The van der Waals surface area contributed by atoms with Gasteiger partial charge in [-0.3, -0.25) is 0 Å². The van der Waals surface area contributed by atoms with E-state index in [0.717, 1.165) is 37.4 Å². The molecule has 1 rings (SSSR count). The summed E-state index contributed by atoms with van der Waals surface area (Å²) >= 11 is 3.82. The molecule has 2 atom stereocenters. The Morgan fingerprint density at radius 3 is 3.06 bits per heavy atom. The number of rotatable bonds is 5. The van der Waals surface area contributed by atoms with Crippen LogP contribution >= 0.6 is 23.5 Å². The summed E-state index contributed by atoms with van der Waals surface area (Å²) in [7, 11) is 0. The number of carbonyl (C=O) groups excluding carboxylic acids is 1. The van der Waals surface area contributed by atoms with E-state index in [4.69, 9.17) is 0 Å². The van der Waals surface area contributed by atoms with E-state index >= 15 is 0 Å². The highest BCUT2D eigenvalue weighted by Crippen LogP contribution is 2.21. The van der Waals surface area contributed by atoms with Crippen LogP contribution in [-0.2, 0) is 0 Å². The first-order valence-corrected chi connectivity index (χ1v) is 8.77. The highest BCUT2D eigenvalue weighted by atomic mass is 32.2. The molecule has 1 fully saturated rings. The van der Waals surface area contributed by atoms with Crippen LogP contribution in [0.25, 0.3) is 0 Å². The number of nitrogens with zero attached hydrogens (tertiary/aromatic N) is 1. The molecule has 0 spiro atoms. The third-order valence-electron chi connectivity index (χ3n) is 3.01. The maximum absolute atomic E-state index is 12.0. The van der Waals surface area contributed by atoms with Crippen LogP contribution in [0.1, 0.15) is 26.7 Å². The van der Waals surface area contributed by atoms with Gasteiger partial charge < -0.3 is 10.2 Å². The number of thioether (sulfide) groups is 2. The molecule has 100 valence electrons. The fraction of sp³-hybridized carbons (Fsp3) is 0.917. The summed E-state index contributed by atoms with van der Waals surface area (Å²) in [5.41, 5.74) is 0. The minimum Gasteiger partial charge on any atom is -0.336 e. The topological polar surface area (TPSA) is 32.3 Å². The van der Waals surface area contributed by atoms with Crippen LogP contribution in [0.15, 0.2) is 0 Å². The third kappa shape index (κ3) is 5.42. The van der Waals surface area contributed by atoms with E-state index in [2.05, 4.69) is 25.4 Å². The molecule has 0 aliphatic carbocycles. The van der Waals surface area contributed by atoms with Gasteiger partial charge in [0.05, 0.1) is 0 Å². The summed E-state index contributed by atoms with van der Waals surface area (Å²) in [5, 5.41) is 3.71. The summed E-state index contributed by atoms with van der Waals surface area (Å²) in [6, 6.07) is 0.405. The van der Waals surface area contributed by atoms with Gasteiger partial charge in [-0.05, 0) is 31.8 Å². The van der Waals surface area contributed by atoms with Gasteiger partial charge >= 0.3 is 6.03 Å². The van der Waals surface area contributed by atoms with E-state index in [0.29, 0.717) is 5.25 Å². The predicted octanol–water partition coefficient (Wildman–Crippen LogP) is 2.67. The van der Waals surface area contributed by atoms with E-state index in [1.165, 1.54) is 0 Å². The van der Waals surface area contributed by atoms with Crippen molar-refractivity contribution in [1.82, 2.24) is 10.2 Å². The second-order valence-electron chi connectivity index (χ2n) is 4.48. The Kier molecular flexibility index (Phi) is 7.19. The molecule has 1 saturated heterocycles. The van der Waals surface area contributed by atoms with Crippen molar-refractivity contribution in [2.24, 2.45) is 0 Å². The van der Waals surface area contributed by atoms with Crippen molar-refractivity contribution in [3.05, 3.63) is 0 Å². The Labute approximate surface area is 113 Å². The fourth-order valence-electron chi connectivity index (χ4n) is 1.82. The molecular weight excluding hydrogens is 252 g/mol. The monoisotopic (exact) mass is 276 g/mol. The number of amides is 2. The zero-order valence-electron chi connectivity index (χ0n) is 11.1. The smallest absolute Gasteiger partial charge is 0.317 e. The van der Waals surface area contributed by atoms with Crippen molar-refractivity contribution >= 4 is 29.6 Å². The fourth-order valence-corrected chi connectivity index (χ4v) is 3.59. The van der Waals surface area contributed by atoms with Gasteiger partial charge in [0.15, 0.2) is 0 Å². The molecule has 1 N–H and O–H groups in total. The Bertz CT molecular complexity index is 239. The number of carbonyl (C=O) groups is 1. The lowest BCUT2D eigenvalue weighted by atomic mass is 10.2. The molecule has 1 aliphatic rings. The molecule has 3 nitrogen and oxygen atoms in total. The second-order valence-corrected chi connectivity index (χ2v) is 6.87. The molecule has 17 heavy (non-hydrogen) atoms. The zero-order valence-corrected chi connectivity index (χ0v) is 12.7. The molecule has 2 amide bonds. The maximum Gasteiger partial charge on any atom is 0.317 e. The van der Waals surface area contributed by atoms with Crippen LogP contribution < -0.4 is 5.32 Å². The second kappa shape index (κ2) is 8.14. The minimum absolute atomic E-state index is 0.123. The lowest BCUT2D eigenvalue weighted by molar-refractivity contribution is 0.195. The van der Waals surface area contributed by atoms with Crippen molar-refractivity contribution in [3.8, 4) is 0 Å². The van der Waals surface area contributed by atoms with E-state index in [9.17, 15) is 4.79 Å². The van der Waals surface area contributed by atoms with Gasteiger partial charge in [-0.2, -0.15) is 23.5 Å². The van der Waals surface area contributed by atoms with Crippen molar-refractivity contribution in [2.75, 3.05) is 30.9 Å². The Morgan fingerprint density at radius 1 is 1.65 bits per heavy atom. The maximum atomic E-state index is 12.0. The van der Waals surface area contributed by atoms with Gasteiger partial charge in [0, 0.05) is 30.1 Å². The Hall–Kier alpha value is -0.0300. The van der Waals surface area contributed by atoms with Crippen LogP contribution in [-0.4, -0.2) is 53.1 Å². The zero-order chi connectivity index (χ0) is 12.7. The van der Waals surface area contributed by atoms with Crippen LogP contribution in [0.4, 0.5) is 4.79 Å². The van der Waals surface area contributed by atoms with Crippen LogP contribution in [0, 0.1) is 0 Å². The molecule has 0 saturated carbocycles. The molecule has 0 unspecified atom stereocenters. The first kappa shape index (κ1) is 15.0. The highest BCUT2D eigenvalue weighted by molar-refractivity contribution is 8.00. The standard InChI is InChI=1S/C12H24N2OS2/c1-4-11-9-14(6-8-17-11)12(15)13-10(2)5-7-16-3/h10-11H,4-9H2,1-3H3,(H,13,15)/t10-,11+/m0/s1. The molecule has 0 aromatic heterocycles. The van der Waals surface area contributed by atoms with Gasteiger partial charge in [0.2, 0.25) is 0 Å². The third-order valence-corrected chi connectivity index (χ3v) is 5.02. The van der Waals surface area contributed by atoms with Crippen molar-refractivity contribution in [1.29, 1.82) is 0 Å². The average Bonchev–Trinajstić information content (AvgIpc) is 2.36. The largest absolute Gasteiger partial charge is 0.336 e. The highest BCUT2D eigenvalue weighted by Gasteiger charge is 2.23. The van der Waals surface area contributed by atoms with Crippen molar-refractivity contribution < 1.29 is 4.79 Å². The Morgan fingerprint density at radius 2 is 2.41 bits per heavy atom. The quantitative estimate of drug-likeness (QED) is 0.838. The molecule has 1 aliphatic heterocycles. The van der Waals surface area contributed by atoms with Gasteiger partial charge in [-0.25, -0.2) is 4.79 Å². The number of hydrogen-bond donors (Lipinski definition) is 1. The predicted molar refractivity (Wildman–Crippen MR) is 79.1 cm³/mol. The van der Waals surface area contributed by atoms with Crippen LogP contribution in [0.5, 0.6) is 0 Å². The average molecular weight is 276 g/mol. The van der Waals surface area contributed by atoms with Gasteiger partial charge in [-0.15, -0.1) is 0 Å². The molecule has 1 heterocycles. The lowest BCUT2D eigenvalue weighted by Gasteiger charge is -2.32. The molecule has 0 aromatic rings. The summed E-state index contributed by atoms with van der Waals surface area (Å²) in [6.07, 6.45) is 4.30. The van der Waals surface area contributed by atoms with E-state index < -0.39 is 0 Å². The SMILES string of the molecule is CC[C@@H]1CN(C(=O)N[C@@H](C)CCSC)CCS1. The molecule has 0 bridgehead atoms. The summed E-state index contributed by atoms with van der Waals surface area (Å²) in [4.78, 5) is 14.0. The van der Waals surface area contributed by atoms with Crippen LogP contribution in [0.2, 0.25) is 0 Å². The Balaban J connectivity index is 2.31. The first-order valence-electron chi connectivity index (χ1n) is 6.33. The van der Waals surface area contributed by atoms with Gasteiger partial charge in [-0.1, -0.05) is 6.92 Å². The van der Waals surface area contributed by atoms with Crippen molar-refractivity contribution in [3.63, 3.8) is 0 Å². The normalized spacial score (nSPS) is 22.3. The molecule has 5 heteroatoms. The summed E-state index contributed by atoms with van der Waals surface area (Å²) in [5.74, 6) is 2.18. The van der Waals surface area contributed by atoms with E-state index in [1.807, 2.05) is 28.4 Å². The summed E-state index contributed by atoms with van der Waals surface area (Å²) < 4.78 is 0. The molecule has 0 radical (unpaired) electrons. The number of nitrogens with one attached hydrogen (secondary N) is 1. The van der Waals surface area contributed by atoms with Gasteiger partial charge in [0.1, 0.15) is 0 Å². The first-order chi connectivity index (χ1) is 8.17. The minimum atomic E-state index is 0.123. The lowest BCUT2D eigenvalue weighted by Crippen LogP contribution is -2.49. The van der Waals surface area contributed by atoms with Gasteiger partial charge in [0.25, 0.3) is 0 Å². The summed E-state index contributed by atoms with van der Waals surface area (Å²) in [6.45, 7) is 6.08. The van der Waals surface area contributed by atoms with E-state index in [1.54, 1.807) is 0 Å². The molecular formula is C12H24N2OS2. The number of urea groups is 1. The number of hydrogen-bond acceptors (Lipinski definition) is 3. The van der Waals surface area contributed by atoms with Crippen molar-refractivity contribution in [2.45, 2.75) is 38.0 Å². The molecule has 0 aromatic carbocycles. The van der Waals surface area contributed by atoms with E-state index in [-0.39, 0.29) is 12.1 Å². The van der Waals surface area contributed by atoms with Crippen LogP contribution in [0.3, 0.4) is 0 Å².